The standard InChI is InChI=1S/C27H41BrO5/c1-15(6-11-22(30)32-5)20-9-10-21-19-8-7-17-14-18(33-16(2)29)12-13-26(17,3)23(19)24(28)25(31)27(20,21)4/h15,17-21,23-24H,6-14H2,1-5H3/t15?,17-,18-,19?,20?,21?,23?,24+,26?,27?/m1/s1. The van der Waals surface area contributed by atoms with E-state index in [0.29, 0.717) is 47.7 Å². The van der Waals surface area contributed by atoms with Crippen LogP contribution in [0.15, 0.2) is 0 Å². The maximum atomic E-state index is 14.1. The third kappa shape index (κ3) is 4.10. The summed E-state index contributed by atoms with van der Waals surface area (Å²) in [5.41, 5.74) is -0.206. The third-order valence-corrected chi connectivity index (χ3v) is 11.5. The molecule has 0 spiro atoms. The first kappa shape index (κ1) is 25.2. The number of hydrogen-bond acceptors (Lipinski definition) is 5. The minimum atomic E-state index is -0.316. The molecular formula is C27H41BrO5. The van der Waals surface area contributed by atoms with E-state index in [4.69, 9.17) is 9.47 Å². The highest BCUT2D eigenvalue weighted by atomic mass is 79.9. The molecule has 0 amide bonds. The molecule has 4 saturated carbocycles. The number of ketones is 1. The van der Waals surface area contributed by atoms with E-state index >= 15 is 0 Å². The van der Waals surface area contributed by atoms with E-state index in [9.17, 15) is 14.4 Å². The van der Waals surface area contributed by atoms with Crippen LogP contribution in [0.25, 0.3) is 0 Å². The molecule has 5 nitrogen and oxygen atoms in total. The van der Waals surface area contributed by atoms with E-state index in [1.54, 1.807) is 0 Å². The second kappa shape index (κ2) is 9.28. The van der Waals surface area contributed by atoms with Crippen molar-refractivity contribution in [3.63, 3.8) is 0 Å². The predicted molar refractivity (Wildman–Crippen MR) is 130 cm³/mol. The van der Waals surface area contributed by atoms with Gasteiger partial charge in [0.1, 0.15) is 6.10 Å². The van der Waals surface area contributed by atoms with Gasteiger partial charge in [0, 0.05) is 18.8 Å². The molecule has 4 fully saturated rings. The van der Waals surface area contributed by atoms with Gasteiger partial charge in [-0.3, -0.25) is 14.4 Å². The van der Waals surface area contributed by atoms with Gasteiger partial charge in [-0.1, -0.05) is 36.7 Å². The monoisotopic (exact) mass is 524 g/mol. The van der Waals surface area contributed by atoms with Gasteiger partial charge in [0.25, 0.3) is 0 Å². The molecule has 4 rings (SSSR count). The Morgan fingerprint density at radius 3 is 2.55 bits per heavy atom. The SMILES string of the molecule is COC(=O)CCC(C)C1CCC2C3CC[C@@H]4C[C@H](OC(C)=O)CCC4(C)C3[C@H](Br)C(=O)C12C. The molecule has 6 heteroatoms. The van der Waals surface area contributed by atoms with Gasteiger partial charge in [0.2, 0.25) is 0 Å². The zero-order chi connectivity index (χ0) is 24.1. The Morgan fingerprint density at radius 1 is 1.15 bits per heavy atom. The number of carbonyl (C=O) groups is 3. The molecule has 0 aliphatic heterocycles. The summed E-state index contributed by atoms with van der Waals surface area (Å²) in [7, 11) is 1.44. The molecule has 0 saturated heterocycles. The van der Waals surface area contributed by atoms with Crippen molar-refractivity contribution < 1.29 is 23.9 Å². The molecule has 186 valence electrons. The van der Waals surface area contributed by atoms with Gasteiger partial charge < -0.3 is 9.47 Å². The first-order valence-corrected chi connectivity index (χ1v) is 13.9. The summed E-state index contributed by atoms with van der Waals surface area (Å²) in [6, 6.07) is 0. The Balaban J connectivity index is 1.55. The zero-order valence-electron chi connectivity index (χ0n) is 20.9. The molecule has 0 aromatic heterocycles. The van der Waals surface area contributed by atoms with Gasteiger partial charge in [0.15, 0.2) is 5.78 Å². The molecular weight excluding hydrogens is 484 g/mol. The quantitative estimate of drug-likeness (QED) is 0.339. The lowest BCUT2D eigenvalue weighted by Gasteiger charge is -2.62. The van der Waals surface area contributed by atoms with Gasteiger partial charge in [0.05, 0.1) is 11.9 Å². The normalized spacial score (nSPS) is 45.4. The van der Waals surface area contributed by atoms with Crippen molar-refractivity contribution in [3.8, 4) is 0 Å². The lowest BCUT2D eigenvalue weighted by Crippen LogP contribution is -2.62. The Kier molecular flexibility index (Phi) is 7.08. The molecule has 10 atom stereocenters. The molecule has 4 aliphatic carbocycles. The zero-order valence-corrected chi connectivity index (χ0v) is 22.5. The summed E-state index contributed by atoms with van der Waals surface area (Å²) in [4.78, 5) is 37.2. The molecule has 0 bridgehead atoms. The van der Waals surface area contributed by atoms with Crippen molar-refractivity contribution in [3.05, 3.63) is 0 Å². The highest BCUT2D eigenvalue weighted by Gasteiger charge is 2.66. The highest BCUT2D eigenvalue weighted by Crippen LogP contribution is 2.68. The maximum absolute atomic E-state index is 14.1. The fourth-order valence-corrected chi connectivity index (χ4v) is 10.4. The number of methoxy groups -OCH3 is 1. The van der Waals surface area contributed by atoms with Crippen molar-refractivity contribution in [2.75, 3.05) is 7.11 Å². The first-order valence-electron chi connectivity index (χ1n) is 13.0. The second-order valence-corrected chi connectivity index (χ2v) is 12.9. The van der Waals surface area contributed by atoms with Gasteiger partial charge in [-0.2, -0.15) is 0 Å². The molecule has 33 heavy (non-hydrogen) atoms. The fraction of sp³-hybridized carbons (Fsp3) is 0.889. The van der Waals surface area contributed by atoms with Crippen LogP contribution in [0, 0.1) is 46.3 Å². The fourth-order valence-electron chi connectivity index (χ4n) is 8.92. The van der Waals surface area contributed by atoms with Gasteiger partial charge in [-0.15, -0.1) is 0 Å². The Hall–Kier alpha value is -0.910. The number of alkyl halides is 1. The highest BCUT2D eigenvalue weighted by molar-refractivity contribution is 9.10. The van der Waals surface area contributed by atoms with Gasteiger partial charge >= 0.3 is 11.9 Å². The average molecular weight is 526 g/mol. The molecule has 0 aromatic carbocycles. The first-order chi connectivity index (χ1) is 15.5. The van der Waals surface area contributed by atoms with E-state index in [-0.39, 0.29) is 33.7 Å². The lowest BCUT2D eigenvalue weighted by molar-refractivity contribution is -0.165. The van der Waals surface area contributed by atoms with E-state index < -0.39 is 0 Å². The van der Waals surface area contributed by atoms with Crippen molar-refractivity contribution in [1.29, 1.82) is 0 Å². The topological polar surface area (TPSA) is 69.7 Å². The van der Waals surface area contributed by atoms with Crippen LogP contribution in [0.2, 0.25) is 0 Å². The van der Waals surface area contributed by atoms with Gasteiger partial charge in [-0.05, 0) is 92.3 Å². The molecule has 0 aromatic rings. The second-order valence-electron chi connectivity index (χ2n) is 11.9. The van der Waals surface area contributed by atoms with Gasteiger partial charge in [-0.25, -0.2) is 0 Å². The summed E-state index contributed by atoms with van der Waals surface area (Å²) >= 11 is 3.96. The van der Waals surface area contributed by atoms with E-state index in [2.05, 4.69) is 36.7 Å². The van der Waals surface area contributed by atoms with Crippen LogP contribution in [0.1, 0.15) is 85.5 Å². The van der Waals surface area contributed by atoms with Crippen molar-refractivity contribution in [1.82, 2.24) is 0 Å². The number of halogens is 1. The molecule has 0 N–H and O–H groups in total. The molecule has 4 aliphatic rings. The number of ether oxygens (including phenoxy) is 2. The Labute approximate surface area is 207 Å². The number of esters is 2. The third-order valence-electron chi connectivity index (χ3n) is 10.5. The van der Waals surface area contributed by atoms with Crippen LogP contribution in [-0.4, -0.2) is 35.8 Å². The van der Waals surface area contributed by atoms with Crippen molar-refractivity contribution >= 4 is 33.7 Å². The number of fused-ring (bicyclic) bond motifs is 5. The minimum Gasteiger partial charge on any atom is -0.469 e. The van der Waals surface area contributed by atoms with E-state index in [0.717, 1.165) is 44.9 Å². The van der Waals surface area contributed by atoms with Crippen molar-refractivity contribution in [2.24, 2.45) is 46.3 Å². The average Bonchev–Trinajstić information content (AvgIpc) is 3.13. The Morgan fingerprint density at radius 2 is 1.88 bits per heavy atom. The largest absolute Gasteiger partial charge is 0.469 e. The summed E-state index contributed by atoms with van der Waals surface area (Å²) in [6.45, 7) is 8.37. The summed E-state index contributed by atoms with van der Waals surface area (Å²) in [5, 5.41) is 0. The molecule has 0 heterocycles. The van der Waals surface area contributed by atoms with E-state index in [1.807, 2.05) is 0 Å². The molecule has 7 unspecified atom stereocenters. The summed E-state index contributed by atoms with van der Waals surface area (Å²) < 4.78 is 10.4. The minimum absolute atomic E-state index is 0.0296. The number of Topliss-reactive ketones (excluding diaryl/α,β-unsaturated/α-hetero) is 1. The summed E-state index contributed by atoms with van der Waals surface area (Å²) in [6.07, 6.45) is 8.62. The van der Waals surface area contributed by atoms with Crippen LogP contribution >= 0.6 is 15.9 Å². The number of rotatable bonds is 5. The molecule has 0 radical (unpaired) electrons. The number of hydrogen-bond donors (Lipinski definition) is 0. The lowest BCUT2D eigenvalue weighted by atomic mass is 9.44. The van der Waals surface area contributed by atoms with Crippen molar-refractivity contribution in [2.45, 2.75) is 96.4 Å². The van der Waals surface area contributed by atoms with E-state index in [1.165, 1.54) is 20.5 Å². The summed E-state index contributed by atoms with van der Waals surface area (Å²) in [5.74, 6) is 2.54. The van der Waals surface area contributed by atoms with Crippen LogP contribution in [0.4, 0.5) is 0 Å². The van der Waals surface area contributed by atoms with Crippen LogP contribution in [-0.2, 0) is 23.9 Å². The Bertz CT molecular complexity index is 797. The number of carbonyl (C=O) groups excluding carboxylic acids is 3. The van der Waals surface area contributed by atoms with Crippen LogP contribution in [0.3, 0.4) is 0 Å². The maximum Gasteiger partial charge on any atom is 0.305 e. The smallest absolute Gasteiger partial charge is 0.305 e. The predicted octanol–water partition coefficient (Wildman–Crippen LogP) is 5.72. The van der Waals surface area contributed by atoms with Crippen LogP contribution in [0.5, 0.6) is 0 Å². The van der Waals surface area contributed by atoms with Crippen LogP contribution < -0.4 is 0 Å².